The molecule has 4 atom stereocenters. The molecule has 0 N–H and O–H groups in total. The summed E-state index contributed by atoms with van der Waals surface area (Å²) >= 11 is 0. The van der Waals surface area contributed by atoms with E-state index in [4.69, 9.17) is 4.74 Å². The van der Waals surface area contributed by atoms with E-state index in [0.717, 1.165) is 0 Å². The van der Waals surface area contributed by atoms with Gasteiger partial charge in [0.15, 0.2) is 0 Å². The Morgan fingerprint density at radius 1 is 0.938 bits per heavy atom. The molecule has 4 unspecified atom stereocenters. The topological polar surface area (TPSA) is 43.4 Å². The summed E-state index contributed by atoms with van der Waals surface area (Å²) in [6, 6.07) is 0. The van der Waals surface area contributed by atoms with E-state index in [9.17, 15) is 9.59 Å². The molecule has 0 aromatic rings. The Kier molecular flexibility index (Phi) is 1.62. The number of cyclic esters (lactones) is 2. The second-order valence-corrected chi connectivity index (χ2v) is 5.93. The van der Waals surface area contributed by atoms with Gasteiger partial charge in [-0.25, -0.2) is 0 Å². The van der Waals surface area contributed by atoms with Crippen molar-refractivity contribution in [2.75, 3.05) is 0 Å². The summed E-state index contributed by atoms with van der Waals surface area (Å²) in [7, 11) is 0. The van der Waals surface area contributed by atoms with Crippen molar-refractivity contribution >= 4 is 11.9 Å². The third-order valence-electron chi connectivity index (χ3n) is 5.01. The Morgan fingerprint density at radius 3 is 1.69 bits per heavy atom. The highest BCUT2D eigenvalue weighted by atomic mass is 16.6. The van der Waals surface area contributed by atoms with Crippen LogP contribution in [0, 0.1) is 29.1 Å². The van der Waals surface area contributed by atoms with Crippen LogP contribution in [0.3, 0.4) is 0 Å². The lowest BCUT2D eigenvalue weighted by atomic mass is 9.77. The lowest BCUT2D eigenvalue weighted by Gasteiger charge is -2.27. The monoisotopic (exact) mass is 220 g/mol. The summed E-state index contributed by atoms with van der Waals surface area (Å²) in [6.45, 7) is 8.52. The van der Waals surface area contributed by atoms with Gasteiger partial charge in [0.05, 0.1) is 11.8 Å². The minimum atomic E-state index is -0.303. The first-order valence-corrected chi connectivity index (χ1v) is 5.80. The van der Waals surface area contributed by atoms with Crippen LogP contribution in [0.4, 0.5) is 0 Å². The molecule has 16 heavy (non-hydrogen) atoms. The fourth-order valence-corrected chi connectivity index (χ4v) is 4.48. The van der Waals surface area contributed by atoms with E-state index in [2.05, 4.69) is 27.7 Å². The molecule has 3 rings (SSSR count). The number of carbonyl (C=O) groups is 2. The Bertz CT molecular complexity index is 406. The van der Waals surface area contributed by atoms with Crippen LogP contribution < -0.4 is 0 Å². The van der Waals surface area contributed by atoms with Crippen molar-refractivity contribution in [1.29, 1.82) is 0 Å². The number of hydrogen-bond acceptors (Lipinski definition) is 3. The molecule has 1 aliphatic heterocycles. The number of hydrogen-bond donors (Lipinski definition) is 0. The van der Waals surface area contributed by atoms with Gasteiger partial charge in [-0.1, -0.05) is 25.0 Å². The van der Waals surface area contributed by atoms with Crippen LogP contribution in [-0.4, -0.2) is 11.9 Å². The van der Waals surface area contributed by atoms with Crippen LogP contribution in [0.15, 0.2) is 11.1 Å². The highest BCUT2D eigenvalue weighted by Gasteiger charge is 2.68. The largest absolute Gasteiger partial charge is 0.393 e. The van der Waals surface area contributed by atoms with E-state index in [1.165, 1.54) is 11.1 Å². The number of carbonyl (C=O) groups excluding carboxylic acids is 2. The first kappa shape index (κ1) is 10.1. The summed E-state index contributed by atoms with van der Waals surface area (Å²) in [4.78, 5) is 23.5. The Morgan fingerprint density at radius 2 is 1.31 bits per heavy atom. The molecule has 86 valence electrons. The smallest absolute Gasteiger partial charge is 0.318 e. The normalized spacial score (nSPS) is 44.0. The first-order chi connectivity index (χ1) is 7.37. The Balaban J connectivity index is 2.19. The maximum absolute atomic E-state index is 11.7. The highest BCUT2D eigenvalue weighted by Crippen LogP contribution is 2.66. The molecule has 2 fully saturated rings. The maximum atomic E-state index is 11.7. The van der Waals surface area contributed by atoms with Gasteiger partial charge in [0.25, 0.3) is 0 Å². The second-order valence-electron chi connectivity index (χ2n) is 5.93. The van der Waals surface area contributed by atoms with Crippen molar-refractivity contribution in [3.05, 3.63) is 11.1 Å². The maximum Gasteiger partial charge on any atom is 0.318 e. The van der Waals surface area contributed by atoms with Gasteiger partial charge in [-0.15, -0.1) is 0 Å². The molecular formula is C13H16O3. The van der Waals surface area contributed by atoms with Gasteiger partial charge in [-0.2, -0.15) is 0 Å². The zero-order valence-corrected chi connectivity index (χ0v) is 10.0. The second kappa shape index (κ2) is 2.58. The minimum Gasteiger partial charge on any atom is -0.393 e. The van der Waals surface area contributed by atoms with E-state index in [-0.39, 0.29) is 41.0 Å². The van der Waals surface area contributed by atoms with Gasteiger partial charge in [0, 0.05) is 0 Å². The average molecular weight is 220 g/mol. The zero-order valence-electron chi connectivity index (χ0n) is 10.0. The SMILES string of the molecule is CC1=C(C)C2C3C(=O)OC(=O)C3C1C2(C)C. The molecule has 1 saturated heterocycles. The average Bonchev–Trinajstić information content (AvgIpc) is 2.63. The summed E-state index contributed by atoms with van der Waals surface area (Å²) in [5.41, 5.74) is 2.62. The Hall–Kier alpha value is -1.12. The number of allylic oxidation sites excluding steroid dienone is 2. The predicted molar refractivity (Wildman–Crippen MR) is 57.2 cm³/mol. The van der Waals surface area contributed by atoms with Crippen molar-refractivity contribution in [2.24, 2.45) is 29.1 Å². The predicted octanol–water partition coefficient (Wildman–Crippen LogP) is 1.92. The van der Waals surface area contributed by atoms with Crippen molar-refractivity contribution in [2.45, 2.75) is 27.7 Å². The standard InChI is InChI=1S/C13H16O3/c1-5-6(2)10-8-7(9(5)13(10,3)4)11(14)16-12(8)15/h7-10H,1-4H3. The summed E-state index contributed by atoms with van der Waals surface area (Å²) < 4.78 is 4.79. The summed E-state index contributed by atoms with van der Waals surface area (Å²) in [5.74, 6) is -0.639. The lowest BCUT2D eigenvalue weighted by molar-refractivity contribution is -0.155. The highest BCUT2D eigenvalue weighted by molar-refractivity contribution is 5.98. The molecule has 2 bridgehead atoms. The number of esters is 2. The van der Waals surface area contributed by atoms with Crippen LogP contribution in [-0.2, 0) is 14.3 Å². The van der Waals surface area contributed by atoms with Gasteiger partial charge >= 0.3 is 11.9 Å². The quantitative estimate of drug-likeness (QED) is 0.356. The van der Waals surface area contributed by atoms with Crippen molar-refractivity contribution in [1.82, 2.24) is 0 Å². The summed E-state index contributed by atoms with van der Waals surface area (Å²) in [5, 5.41) is 0. The fourth-order valence-electron chi connectivity index (χ4n) is 4.48. The van der Waals surface area contributed by atoms with Crippen molar-refractivity contribution < 1.29 is 14.3 Å². The molecule has 3 nitrogen and oxygen atoms in total. The van der Waals surface area contributed by atoms with Gasteiger partial charge < -0.3 is 4.74 Å². The molecule has 0 aromatic heterocycles. The zero-order chi connectivity index (χ0) is 11.8. The van der Waals surface area contributed by atoms with Crippen molar-refractivity contribution in [3.8, 4) is 0 Å². The molecule has 1 saturated carbocycles. The molecule has 0 aromatic carbocycles. The van der Waals surface area contributed by atoms with Gasteiger partial charge in [-0.3, -0.25) is 9.59 Å². The van der Waals surface area contributed by atoms with Crippen LogP contribution in [0.25, 0.3) is 0 Å². The van der Waals surface area contributed by atoms with E-state index < -0.39 is 0 Å². The van der Waals surface area contributed by atoms with Gasteiger partial charge in [-0.05, 0) is 31.1 Å². The van der Waals surface area contributed by atoms with Gasteiger partial charge in [0.2, 0.25) is 0 Å². The third kappa shape index (κ3) is 0.827. The molecule has 3 heteroatoms. The molecule has 0 amide bonds. The summed E-state index contributed by atoms with van der Waals surface area (Å²) in [6.07, 6.45) is 0. The molecule has 2 aliphatic carbocycles. The van der Waals surface area contributed by atoms with Crippen LogP contribution in [0.1, 0.15) is 27.7 Å². The number of ether oxygens (including phenoxy) is 1. The molecular weight excluding hydrogens is 204 g/mol. The lowest BCUT2D eigenvalue weighted by Crippen LogP contribution is -2.26. The van der Waals surface area contributed by atoms with E-state index in [1.807, 2.05) is 0 Å². The first-order valence-electron chi connectivity index (χ1n) is 5.80. The van der Waals surface area contributed by atoms with Crippen LogP contribution >= 0.6 is 0 Å². The fraction of sp³-hybridized carbons (Fsp3) is 0.692. The van der Waals surface area contributed by atoms with E-state index >= 15 is 0 Å². The molecule has 3 aliphatic rings. The van der Waals surface area contributed by atoms with Crippen molar-refractivity contribution in [3.63, 3.8) is 0 Å². The number of rotatable bonds is 0. The number of fused-ring (bicyclic) bond motifs is 5. The molecule has 0 radical (unpaired) electrons. The minimum absolute atomic E-state index is 0.0264. The van der Waals surface area contributed by atoms with Crippen LogP contribution in [0.5, 0.6) is 0 Å². The molecule has 0 spiro atoms. The van der Waals surface area contributed by atoms with Gasteiger partial charge in [0.1, 0.15) is 0 Å². The Labute approximate surface area is 94.8 Å². The van der Waals surface area contributed by atoms with E-state index in [0.29, 0.717) is 0 Å². The van der Waals surface area contributed by atoms with Crippen LogP contribution in [0.2, 0.25) is 0 Å². The van der Waals surface area contributed by atoms with E-state index in [1.54, 1.807) is 0 Å². The third-order valence-corrected chi connectivity index (χ3v) is 5.01. The molecule has 1 heterocycles.